The first kappa shape index (κ1) is 17.5. The van der Waals surface area contributed by atoms with Crippen molar-refractivity contribution in [3.05, 3.63) is 26.7 Å². The molecule has 0 aromatic carbocycles. The van der Waals surface area contributed by atoms with Crippen LogP contribution in [0, 0.1) is 22.5 Å². The van der Waals surface area contributed by atoms with E-state index in [1.54, 1.807) is 43.1 Å². The van der Waals surface area contributed by atoms with Crippen molar-refractivity contribution in [2.24, 2.45) is 4.99 Å². The number of thiazole rings is 1. The summed E-state index contributed by atoms with van der Waals surface area (Å²) >= 11 is 3.31. The van der Waals surface area contributed by atoms with Gasteiger partial charge in [0.05, 0.1) is 12.1 Å². The quantitative estimate of drug-likeness (QED) is 0.197. The van der Waals surface area contributed by atoms with Gasteiger partial charge in [0, 0.05) is 28.0 Å². The van der Waals surface area contributed by atoms with Gasteiger partial charge < -0.3 is 5.32 Å². The van der Waals surface area contributed by atoms with Crippen molar-refractivity contribution in [3.63, 3.8) is 0 Å². The number of amidine groups is 1. The minimum absolute atomic E-state index is 0.317. The van der Waals surface area contributed by atoms with E-state index < -0.39 is 10.5 Å². The van der Waals surface area contributed by atoms with Crippen LogP contribution in [-0.2, 0) is 5.75 Å². The molecule has 0 amide bonds. The van der Waals surface area contributed by atoms with Crippen molar-refractivity contribution < 1.29 is 4.92 Å². The minimum atomic E-state index is -0.650. The van der Waals surface area contributed by atoms with Crippen molar-refractivity contribution >= 4 is 28.9 Å². The lowest BCUT2D eigenvalue weighted by molar-refractivity contribution is -0.463. The Morgan fingerprint density at radius 2 is 2.48 bits per heavy atom. The topological polar surface area (TPSA) is 80.4 Å². The molecular formula is C13H18N4O2S2. The number of terminal acetylenes is 1. The molecule has 0 unspecified atom stereocenters. The predicted molar refractivity (Wildman–Crippen MR) is 88.5 cm³/mol. The molecule has 0 aliphatic rings. The molecule has 1 aromatic heterocycles. The predicted octanol–water partition coefficient (Wildman–Crippen LogP) is 2.05. The maximum absolute atomic E-state index is 10.6. The van der Waals surface area contributed by atoms with Crippen LogP contribution in [0.15, 0.2) is 16.6 Å². The Morgan fingerprint density at radius 3 is 3.05 bits per heavy atom. The molecule has 0 saturated carbocycles. The van der Waals surface area contributed by atoms with Crippen molar-refractivity contribution in [3.8, 4) is 12.3 Å². The Labute approximate surface area is 132 Å². The van der Waals surface area contributed by atoms with Gasteiger partial charge in [-0.3, -0.25) is 15.1 Å². The van der Waals surface area contributed by atoms with Gasteiger partial charge in [-0.2, -0.15) is 11.8 Å². The van der Waals surface area contributed by atoms with Crippen LogP contribution < -0.4 is 5.32 Å². The summed E-state index contributed by atoms with van der Waals surface area (Å²) in [6.45, 7) is 3.72. The first-order valence-electron chi connectivity index (χ1n) is 6.30. The lowest BCUT2D eigenvalue weighted by Crippen LogP contribution is -2.45. The van der Waals surface area contributed by atoms with E-state index in [4.69, 9.17) is 6.42 Å². The maximum atomic E-state index is 10.6. The van der Waals surface area contributed by atoms with Gasteiger partial charge in [0.2, 0.25) is 0 Å². The average molecular weight is 326 g/mol. The molecule has 1 heterocycles. The zero-order valence-corrected chi connectivity index (χ0v) is 13.7. The highest BCUT2D eigenvalue weighted by molar-refractivity contribution is 7.98. The van der Waals surface area contributed by atoms with Crippen molar-refractivity contribution in [2.75, 3.05) is 18.8 Å². The highest BCUT2D eigenvalue weighted by atomic mass is 32.2. The van der Waals surface area contributed by atoms with Gasteiger partial charge in [0.25, 0.3) is 6.54 Å². The van der Waals surface area contributed by atoms with Crippen LogP contribution >= 0.6 is 23.1 Å². The molecule has 0 bridgehead atoms. The highest BCUT2D eigenvalue weighted by Crippen LogP contribution is 2.13. The Hall–Kier alpha value is -1.59. The Bertz CT molecular complexity index is 521. The molecule has 6 nitrogen and oxygen atoms in total. The molecule has 1 rings (SSSR count). The van der Waals surface area contributed by atoms with E-state index in [2.05, 4.69) is 21.2 Å². The summed E-state index contributed by atoms with van der Waals surface area (Å²) in [5, 5.41) is 16.6. The van der Waals surface area contributed by atoms with E-state index >= 15 is 0 Å². The molecule has 114 valence electrons. The van der Waals surface area contributed by atoms with E-state index in [0.717, 1.165) is 16.5 Å². The number of hydrogen-bond acceptors (Lipinski definition) is 6. The standard InChI is InChI=1S/C13H18N4O2S2/c1-4-13(2,3)16-11(9-17(18)19)14-5-7-20-10-12-15-6-8-21-12/h1,6,8H,5,7,9-10H2,2-3H3,(H,14,16). The second kappa shape index (κ2) is 8.64. The zero-order valence-electron chi connectivity index (χ0n) is 12.0. The van der Waals surface area contributed by atoms with Crippen LogP contribution in [-0.4, -0.2) is 40.1 Å². The summed E-state index contributed by atoms with van der Waals surface area (Å²) < 4.78 is 0. The molecule has 21 heavy (non-hydrogen) atoms. The lowest BCUT2D eigenvalue weighted by Gasteiger charge is -2.20. The van der Waals surface area contributed by atoms with Gasteiger partial charge in [0.1, 0.15) is 5.01 Å². The number of nitro groups is 1. The fourth-order valence-corrected chi connectivity index (χ4v) is 2.91. The largest absolute Gasteiger partial charge is 0.353 e. The number of nitrogens with zero attached hydrogens (tertiary/aromatic N) is 3. The monoisotopic (exact) mass is 326 g/mol. The fraction of sp³-hybridized carbons (Fsp3) is 0.538. The van der Waals surface area contributed by atoms with Gasteiger partial charge >= 0.3 is 0 Å². The third-order valence-corrected chi connectivity index (χ3v) is 4.25. The minimum Gasteiger partial charge on any atom is -0.353 e. The van der Waals surface area contributed by atoms with E-state index in [-0.39, 0.29) is 6.54 Å². The fourth-order valence-electron chi connectivity index (χ4n) is 1.38. The lowest BCUT2D eigenvalue weighted by atomic mass is 10.1. The summed E-state index contributed by atoms with van der Waals surface area (Å²) in [5.74, 6) is 4.47. The first-order valence-corrected chi connectivity index (χ1v) is 8.33. The van der Waals surface area contributed by atoms with Gasteiger partial charge in [0.15, 0.2) is 5.84 Å². The Morgan fingerprint density at radius 1 is 1.71 bits per heavy atom. The molecule has 0 aliphatic carbocycles. The van der Waals surface area contributed by atoms with E-state index in [1.807, 2.05) is 5.38 Å². The van der Waals surface area contributed by atoms with E-state index in [9.17, 15) is 10.1 Å². The Kier molecular flexibility index (Phi) is 7.19. The highest BCUT2D eigenvalue weighted by Gasteiger charge is 2.18. The molecule has 0 radical (unpaired) electrons. The molecule has 0 saturated heterocycles. The number of rotatable bonds is 8. The third kappa shape index (κ3) is 7.68. The molecular weight excluding hydrogens is 308 g/mol. The smallest absolute Gasteiger partial charge is 0.259 e. The summed E-state index contributed by atoms with van der Waals surface area (Å²) in [7, 11) is 0. The van der Waals surface area contributed by atoms with Crippen LogP contribution in [0.25, 0.3) is 0 Å². The van der Waals surface area contributed by atoms with Gasteiger partial charge in [-0.25, -0.2) is 4.98 Å². The number of nitrogens with one attached hydrogen (secondary N) is 1. The Balaban J connectivity index is 2.42. The number of aromatic nitrogens is 1. The van der Waals surface area contributed by atoms with Crippen LogP contribution in [0.3, 0.4) is 0 Å². The molecule has 0 aliphatic heterocycles. The number of thioether (sulfide) groups is 1. The van der Waals surface area contributed by atoms with Crippen molar-refractivity contribution in [2.45, 2.75) is 25.1 Å². The molecule has 0 fully saturated rings. The van der Waals surface area contributed by atoms with Gasteiger partial charge in [-0.05, 0) is 13.8 Å². The molecule has 1 aromatic rings. The second-order valence-electron chi connectivity index (χ2n) is 4.69. The average Bonchev–Trinajstić information content (AvgIpc) is 2.90. The van der Waals surface area contributed by atoms with Crippen molar-refractivity contribution in [1.82, 2.24) is 10.3 Å². The van der Waals surface area contributed by atoms with Gasteiger partial charge in [-0.15, -0.1) is 17.8 Å². The summed E-state index contributed by atoms with van der Waals surface area (Å²) in [4.78, 5) is 18.7. The summed E-state index contributed by atoms with van der Waals surface area (Å²) in [6, 6.07) is 0. The zero-order chi connectivity index (χ0) is 15.7. The summed E-state index contributed by atoms with van der Waals surface area (Å²) in [5.41, 5.74) is -0.650. The molecule has 8 heteroatoms. The molecule has 1 N–H and O–H groups in total. The van der Waals surface area contributed by atoms with E-state index in [1.165, 1.54) is 0 Å². The SMILES string of the molecule is C#CC(C)(C)NC(C[N+](=O)[O-])=NCCSCc1nccs1. The maximum Gasteiger partial charge on any atom is 0.259 e. The van der Waals surface area contributed by atoms with Crippen LogP contribution in [0.4, 0.5) is 0 Å². The normalized spacial score (nSPS) is 12.0. The van der Waals surface area contributed by atoms with Crippen LogP contribution in [0.5, 0.6) is 0 Å². The number of hydrogen-bond donors (Lipinski definition) is 1. The van der Waals surface area contributed by atoms with Crippen LogP contribution in [0.1, 0.15) is 18.9 Å². The molecule has 0 spiro atoms. The van der Waals surface area contributed by atoms with E-state index in [0.29, 0.717) is 12.4 Å². The van der Waals surface area contributed by atoms with Gasteiger partial charge in [-0.1, -0.05) is 5.92 Å². The third-order valence-electron chi connectivity index (χ3n) is 2.34. The number of aliphatic imine (C=N–C) groups is 1. The van der Waals surface area contributed by atoms with Crippen molar-refractivity contribution in [1.29, 1.82) is 0 Å². The van der Waals surface area contributed by atoms with Crippen LogP contribution in [0.2, 0.25) is 0 Å². The molecule has 0 atom stereocenters. The summed E-state index contributed by atoms with van der Waals surface area (Å²) in [6.07, 6.45) is 7.15. The second-order valence-corrected chi connectivity index (χ2v) is 6.78. The first-order chi connectivity index (χ1) is 9.93.